The number of ether oxygens (including phenoxy) is 1. The Hall–Kier alpha value is -2.16. The topological polar surface area (TPSA) is 114 Å². The van der Waals surface area contributed by atoms with Gasteiger partial charge in [0.15, 0.2) is 0 Å². The highest BCUT2D eigenvalue weighted by molar-refractivity contribution is 6.06. The number of rotatable bonds is 6. The Morgan fingerprint density at radius 2 is 1.80 bits per heavy atom. The van der Waals surface area contributed by atoms with Crippen molar-refractivity contribution >= 4 is 35.8 Å². The summed E-state index contributed by atoms with van der Waals surface area (Å²) in [5, 5.41) is 6.24. The van der Waals surface area contributed by atoms with Gasteiger partial charge in [0.1, 0.15) is 6.04 Å². The van der Waals surface area contributed by atoms with Crippen molar-refractivity contribution in [3.63, 3.8) is 0 Å². The lowest BCUT2D eigenvalue weighted by Gasteiger charge is -2.37. The number of nitrogens with zero attached hydrogens (tertiary/aromatic N) is 1. The van der Waals surface area contributed by atoms with Gasteiger partial charge in [-0.15, -0.1) is 12.4 Å². The molecule has 0 bridgehead atoms. The number of fused-ring (bicyclic) bond motifs is 1. The predicted molar refractivity (Wildman–Crippen MR) is 135 cm³/mol. The lowest BCUT2D eigenvalue weighted by Crippen LogP contribution is -2.52. The summed E-state index contributed by atoms with van der Waals surface area (Å²) in [7, 11) is 0. The van der Waals surface area contributed by atoms with Gasteiger partial charge in [0.25, 0.3) is 5.91 Å². The van der Waals surface area contributed by atoms with E-state index in [1.807, 2.05) is 12.1 Å². The van der Waals surface area contributed by atoms with Crippen LogP contribution in [0.4, 0.5) is 5.69 Å². The van der Waals surface area contributed by atoms with Crippen molar-refractivity contribution in [1.29, 1.82) is 0 Å². The Labute approximate surface area is 213 Å². The first-order valence-electron chi connectivity index (χ1n) is 12.9. The highest BCUT2D eigenvalue weighted by Gasteiger charge is 2.40. The summed E-state index contributed by atoms with van der Waals surface area (Å²) in [6, 6.07) is 5.87. The molecule has 4 aliphatic rings. The van der Waals surface area contributed by atoms with Crippen LogP contribution in [0.5, 0.6) is 0 Å². The van der Waals surface area contributed by atoms with Crippen LogP contribution in [0.3, 0.4) is 0 Å². The Morgan fingerprint density at radius 1 is 1.06 bits per heavy atom. The summed E-state index contributed by atoms with van der Waals surface area (Å²) in [4.78, 5) is 38.9. The molecule has 0 spiro atoms. The summed E-state index contributed by atoms with van der Waals surface area (Å²) in [5.41, 5.74) is 8.81. The molecule has 2 atom stereocenters. The zero-order valence-electron chi connectivity index (χ0n) is 20.2. The molecule has 1 saturated carbocycles. The average Bonchev–Trinajstić information content (AvgIpc) is 3.17. The third-order valence-corrected chi connectivity index (χ3v) is 8.24. The van der Waals surface area contributed by atoms with Gasteiger partial charge in [0.2, 0.25) is 11.8 Å². The number of carbonyl (C=O) groups excluding carboxylic acids is 3. The molecule has 3 fully saturated rings. The number of carbonyl (C=O) groups is 3. The number of benzene rings is 1. The minimum Gasteiger partial charge on any atom is -0.382 e. The molecule has 192 valence electrons. The largest absolute Gasteiger partial charge is 0.382 e. The summed E-state index contributed by atoms with van der Waals surface area (Å²) >= 11 is 0. The molecule has 2 saturated heterocycles. The van der Waals surface area contributed by atoms with E-state index in [-0.39, 0.29) is 36.5 Å². The Morgan fingerprint density at radius 3 is 2.51 bits per heavy atom. The fraction of sp³-hybridized carbons (Fsp3) is 0.654. The van der Waals surface area contributed by atoms with E-state index in [9.17, 15) is 14.4 Å². The zero-order chi connectivity index (χ0) is 23.7. The molecule has 0 unspecified atom stereocenters. The SMILES string of the molecule is Cl.NC1CCC([C@@H](CC2CCOCC2)Nc2cccc3c2CN([C@@H]2CCC(=O)NC2=O)C3=O)CC1. The fourth-order valence-electron chi connectivity index (χ4n) is 6.18. The van der Waals surface area contributed by atoms with Gasteiger partial charge in [0, 0.05) is 55.1 Å². The van der Waals surface area contributed by atoms with Crippen LogP contribution in [0, 0.1) is 11.8 Å². The first-order chi connectivity index (χ1) is 16.5. The van der Waals surface area contributed by atoms with Crippen LogP contribution < -0.4 is 16.4 Å². The number of halogens is 1. The van der Waals surface area contributed by atoms with Crippen LogP contribution in [0.25, 0.3) is 0 Å². The van der Waals surface area contributed by atoms with Gasteiger partial charge < -0.3 is 20.7 Å². The summed E-state index contributed by atoms with van der Waals surface area (Å²) in [5.74, 6) is 0.429. The average molecular weight is 505 g/mol. The molecular formula is C26H37ClN4O4. The van der Waals surface area contributed by atoms with Crippen LogP contribution in [-0.4, -0.2) is 54.0 Å². The van der Waals surface area contributed by atoms with Crippen LogP contribution >= 0.6 is 12.4 Å². The number of nitrogens with one attached hydrogen (secondary N) is 2. The Bertz CT molecular complexity index is 943. The number of piperidine rings is 1. The molecule has 3 amide bonds. The summed E-state index contributed by atoms with van der Waals surface area (Å²) in [6.45, 7) is 2.06. The normalized spacial score (nSPS) is 28.2. The molecule has 5 rings (SSSR count). The first kappa shape index (κ1) is 25.9. The molecule has 4 N–H and O–H groups in total. The van der Waals surface area contributed by atoms with E-state index in [0.29, 0.717) is 42.4 Å². The van der Waals surface area contributed by atoms with Gasteiger partial charge >= 0.3 is 0 Å². The maximum Gasteiger partial charge on any atom is 0.255 e. The van der Waals surface area contributed by atoms with E-state index in [4.69, 9.17) is 10.5 Å². The molecule has 35 heavy (non-hydrogen) atoms. The van der Waals surface area contributed by atoms with Crippen molar-refractivity contribution in [3.05, 3.63) is 29.3 Å². The van der Waals surface area contributed by atoms with Gasteiger partial charge in [-0.25, -0.2) is 0 Å². The molecule has 3 heterocycles. The number of hydrogen-bond donors (Lipinski definition) is 3. The highest BCUT2D eigenvalue weighted by atomic mass is 35.5. The molecule has 8 nitrogen and oxygen atoms in total. The molecule has 1 aromatic carbocycles. The second-order valence-corrected chi connectivity index (χ2v) is 10.4. The monoisotopic (exact) mass is 504 g/mol. The quantitative estimate of drug-likeness (QED) is 0.513. The fourth-order valence-corrected chi connectivity index (χ4v) is 6.18. The number of amides is 3. The predicted octanol–water partition coefficient (Wildman–Crippen LogP) is 2.98. The zero-order valence-corrected chi connectivity index (χ0v) is 21.0. The maximum absolute atomic E-state index is 13.2. The van der Waals surface area contributed by atoms with Crippen LogP contribution in [0.15, 0.2) is 18.2 Å². The van der Waals surface area contributed by atoms with Crippen LogP contribution in [0.1, 0.15) is 73.7 Å². The molecular weight excluding hydrogens is 468 g/mol. The Balaban J connectivity index is 0.00000289. The van der Waals surface area contributed by atoms with E-state index in [1.54, 1.807) is 4.90 Å². The van der Waals surface area contributed by atoms with Crippen molar-refractivity contribution < 1.29 is 19.1 Å². The lowest BCUT2D eigenvalue weighted by atomic mass is 9.77. The standard InChI is InChI=1S/C26H36N4O4.ClH/c27-18-6-4-17(5-7-18)22(14-16-10-12-34-13-11-16)28-21-3-1-2-19-20(21)15-30(26(19)33)23-8-9-24(31)29-25(23)32;/h1-3,16-18,22-23,28H,4-15,27H2,(H,29,31,32);1H/t17?,18?,22-,23-;/m1./s1. The second kappa shape index (κ2) is 11.3. The third-order valence-electron chi connectivity index (χ3n) is 8.24. The van der Waals surface area contributed by atoms with Gasteiger partial charge in [-0.05, 0) is 75.3 Å². The first-order valence-corrected chi connectivity index (χ1v) is 12.9. The van der Waals surface area contributed by atoms with Crippen LogP contribution in [-0.2, 0) is 20.9 Å². The summed E-state index contributed by atoms with van der Waals surface area (Å²) in [6.07, 6.45) is 8.30. The van der Waals surface area contributed by atoms with Gasteiger partial charge in [-0.2, -0.15) is 0 Å². The molecule has 9 heteroatoms. The molecule has 1 aromatic rings. The molecule has 3 aliphatic heterocycles. The Kier molecular flexibility index (Phi) is 8.34. The van der Waals surface area contributed by atoms with Crippen molar-refractivity contribution in [2.75, 3.05) is 18.5 Å². The lowest BCUT2D eigenvalue weighted by molar-refractivity contribution is -0.136. The van der Waals surface area contributed by atoms with Gasteiger partial charge in [-0.3, -0.25) is 19.7 Å². The second-order valence-electron chi connectivity index (χ2n) is 10.4. The minimum absolute atomic E-state index is 0. The third kappa shape index (κ3) is 5.65. The molecule has 0 radical (unpaired) electrons. The minimum atomic E-state index is -0.594. The van der Waals surface area contributed by atoms with Gasteiger partial charge in [-0.1, -0.05) is 6.07 Å². The molecule has 0 aromatic heterocycles. The van der Waals surface area contributed by atoms with Crippen LogP contribution in [0.2, 0.25) is 0 Å². The molecule has 1 aliphatic carbocycles. The van der Waals surface area contributed by atoms with Crippen molar-refractivity contribution in [1.82, 2.24) is 10.2 Å². The highest BCUT2D eigenvalue weighted by Crippen LogP contribution is 2.37. The van der Waals surface area contributed by atoms with E-state index < -0.39 is 6.04 Å². The van der Waals surface area contributed by atoms with Crippen molar-refractivity contribution in [2.24, 2.45) is 17.6 Å². The van der Waals surface area contributed by atoms with Gasteiger partial charge in [0.05, 0.1) is 0 Å². The van der Waals surface area contributed by atoms with E-state index in [2.05, 4.69) is 16.7 Å². The summed E-state index contributed by atoms with van der Waals surface area (Å²) < 4.78 is 5.58. The van der Waals surface area contributed by atoms with Crippen molar-refractivity contribution in [2.45, 2.75) is 82.5 Å². The maximum atomic E-state index is 13.2. The van der Waals surface area contributed by atoms with E-state index >= 15 is 0 Å². The number of imide groups is 1. The van der Waals surface area contributed by atoms with E-state index in [1.165, 1.54) is 0 Å². The number of anilines is 1. The van der Waals surface area contributed by atoms with Crippen molar-refractivity contribution in [3.8, 4) is 0 Å². The number of nitrogens with two attached hydrogens (primary N) is 1. The number of hydrogen-bond acceptors (Lipinski definition) is 6. The van der Waals surface area contributed by atoms with E-state index in [0.717, 1.165) is 69.4 Å². The smallest absolute Gasteiger partial charge is 0.255 e.